The van der Waals surface area contributed by atoms with E-state index in [2.05, 4.69) is 26.0 Å². The quantitative estimate of drug-likeness (QED) is 0.509. The minimum Gasteiger partial charge on any atom is -0.420 e. The Balaban J connectivity index is 1.98. The molecule has 0 N–H and O–H groups in total. The standard InChI is InChI=1S/C13H24OSi/c1-4-15(5-2,14-3)10-13-9-11-6-7-12(13)8-11/h6-7,11-13H,4-5,8-10H2,1-3H3. The van der Waals surface area contributed by atoms with Crippen molar-refractivity contribution >= 4 is 8.32 Å². The number of allylic oxidation sites excluding steroid dienone is 2. The third-order valence-electron chi connectivity index (χ3n) is 4.77. The number of hydrogen-bond acceptors (Lipinski definition) is 1. The molecule has 2 bridgehead atoms. The van der Waals surface area contributed by atoms with Gasteiger partial charge in [-0.2, -0.15) is 0 Å². The highest BCUT2D eigenvalue weighted by atomic mass is 28.4. The predicted octanol–water partition coefficient (Wildman–Crippen LogP) is 3.83. The molecular formula is C13H24OSi. The van der Waals surface area contributed by atoms with Gasteiger partial charge in [-0.3, -0.25) is 0 Å². The van der Waals surface area contributed by atoms with Crippen molar-refractivity contribution in [1.82, 2.24) is 0 Å². The van der Waals surface area contributed by atoms with Crippen molar-refractivity contribution < 1.29 is 4.43 Å². The zero-order valence-electron chi connectivity index (χ0n) is 10.3. The Morgan fingerprint density at radius 1 is 1.20 bits per heavy atom. The molecule has 0 heterocycles. The summed E-state index contributed by atoms with van der Waals surface area (Å²) in [6, 6.07) is 3.98. The first-order valence-electron chi connectivity index (χ1n) is 6.46. The second-order valence-corrected chi connectivity index (χ2v) is 9.94. The second kappa shape index (κ2) is 4.42. The Hall–Kier alpha value is -0.0831. The number of fused-ring (bicyclic) bond motifs is 2. The van der Waals surface area contributed by atoms with Crippen molar-refractivity contribution in [3.8, 4) is 0 Å². The van der Waals surface area contributed by atoms with Crippen LogP contribution in [-0.2, 0) is 4.43 Å². The summed E-state index contributed by atoms with van der Waals surface area (Å²) >= 11 is 0. The van der Waals surface area contributed by atoms with Crippen molar-refractivity contribution in [3.05, 3.63) is 12.2 Å². The lowest BCUT2D eigenvalue weighted by Crippen LogP contribution is -2.38. The summed E-state index contributed by atoms with van der Waals surface area (Å²) in [6.07, 6.45) is 7.79. The summed E-state index contributed by atoms with van der Waals surface area (Å²) in [6.45, 7) is 4.64. The smallest absolute Gasteiger partial charge is 0.192 e. The van der Waals surface area contributed by atoms with E-state index in [1.54, 1.807) is 0 Å². The van der Waals surface area contributed by atoms with Crippen LogP contribution >= 0.6 is 0 Å². The fraction of sp³-hybridized carbons (Fsp3) is 0.846. The first kappa shape index (κ1) is 11.4. The summed E-state index contributed by atoms with van der Waals surface area (Å²) in [5, 5.41) is 0. The molecule has 0 saturated heterocycles. The molecule has 86 valence electrons. The molecule has 0 aromatic rings. The van der Waals surface area contributed by atoms with Crippen molar-refractivity contribution in [2.75, 3.05) is 7.11 Å². The lowest BCUT2D eigenvalue weighted by Gasteiger charge is -2.32. The largest absolute Gasteiger partial charge is 0.420 e. The molecule has 2 aliphatic carbocycles. The molecule has 1 nitrogen and oxygen atoms in total. The van der Waals surface area contributed by atoms with Gasteiger partial charge in [0.15, 0.2) is 8.32 Å². The van der Waals surface area contributed by atoms with E-state index in [-0.39, 0.29) is 0 Å². The Morgan fingerprint density at radius 3 is 2.33 bits per heavy atom. The van der Waals surface area contributed by atoms with Gasteiger partial charge in [0.2, 0.25) is 0 Å². The van der Waals surface area contributed by atoms with E-state index in [0.29, 0.717) is 0 Å². The second-order valence-electron chi connectivity index (χ2n) is 5.34. The van der Waals surface area contributed by atoms with E-state index < -0.39 is 8.32 Å². The van der Waals surface area contributed by atoms with E-state index in [0.717, 1.165) is 17.8 Å². The number of rotatable bonds is 5. The minimum atomic E-state index is -1.35. The van der Waals surface area contributed by atoms with Crippen LogP contribution in [0.5, 0.6) is 0 Å². The summed E-state index contributed by atoms with van der Waals surface area (Å²) in [5.74, 6) is 2.76. The Bertz CT molecular complexity index is 237. The molecule has 0 amide bonds. The molecule has 0 aliphatic heterocycles. The molecule has 0 aromatic carbocycles. The van der Waals surface area contributed by atoms with E-state index in [1.807, 2.05) is 7.11 Å². The first-order chi connectivity index (χ1) is 7.23. The van der Waals surface area contributed by atoms with Crippen LogP contribution in [0.2, 0.25) is 18.1 Å². The summed E-state index contributed by atoms with van der Waals surface area (Å²) in [7, 11) is 0.593. The molecule has 3 atom stereocenters. The normalized spacial score (nSPS) is 33.9. The summed E-state index contributed by atoms with van der Waals surface area (Å²) < 4.78 is 5.92. The van der Waals surface area contributed by atoms with E-state index >= 15 is 0 Å². The third kappa shape index (κ3) is 2.07. The lowest BCUT2D eigenvalue weighted by molar-refractivity contribution is 0.367. The van der Waals surface area contributed by atoms with Crippen LogP contribution < -0.4 is 0 Å². The van der Waals surface area contributed by atoms with E-state index in [1.165, 1.54) is 31.0 Å². The molecule has 2 aliphatic rings. The first-order valence-corrected chi connectivity index (χ1v) is 8.99. The average molecular weight is 224 g/mol. The van der Waals surface area contributed by atoms with Crippen LogP contribution in [0.4, 0.5) is 0 Å². The van der Waals surface area contributed by atoms with Gasteiger partial charge < -0.3 is 4.43 Å². The molecule has 3 unspecified atom stereocenters. The highest BCUT2D eigenvalue weighted by Gasteiger charge is 2.41. The van der Waals surface area contributed by atoms with Crippen molar-refractivity contribution in [3.63, 3.8) is 0 Å². The third-order valence-corrected chi connectivity index (χ3v) is 9.48. The number of hydrogen-bond donors (Lipinski definition) is 0. The molecular weight excluding hydrogens is 200 g/mol. The van der Waals surface area contributed by atoms with Crippen LogP contribution in [-0.4, -0.2) is 15.4 Å². The van der Waals surface area contributed by atoms with Gasteiger partial charge >= 0.3 is 0 Å². The van der Waals surface area contributed by atoms with Crippen LogP contribution in [0.15, 0.2) is 12.2 Å². The molecule has 1 saturated carbocycles. The van der Waals surface area contributed by atoms with E-state index in [4.69, 9.17) is 4.43 Å². The topological polar surface area (TPSA) is 9.23 Å². The molecule has 1 fully saturated rings. The van der Waals surface area contributed by atoms with Gasteiger partial charge in [-0.25, -0.2) is 0 Å². The average Bonchev–Trinajstić information content (AvgIpc) is 2.88. The molecule has 0 spiro atoms. The van der Waals surface area contributed by atoms with Gasteiger partial charge in [-0.15, -0.1) is 0 Å². The molecule has 0 aromatic heterocycles. The Labute approximate surface area is 95.0 Å². The minimum absolute atomic E-state index is 0.898. The SMILES string of the molecule is CC[Si](CC)(CC1CC2C=CC1C2)OC. The zero-order chi connectivity index (χ0) is 10.9. The van der Waals surface area contributed by atoms with Gasteiger partial charge in [0, 0.05) is 7.11 Å². The summed E-state index contributed by atoms with van der Waals surface area (Å²) in [4.78, 5) is 0. The van der Waals surface area contributed by atoms with Crippen molar-refractivity contribution in [1.29, 1.82) is 0 Å². The lowest BCUT2D eigenvalue weighted by atomic mass is 9.96. The highest BCUT2D eigenvalue weighted by Crippen LogP contribution is 2.47. The van der Waals surface area contributed by atoms with Crippen molar-refractivity contribution in [2.24, 2.45) is 17.8 Å². The Morgan fingerprint density at radius 2 is 1.93 bits per heavy atom. The van der Waals surface area contributed by atoms with Crippen LogP contribution in [0.3, 0.4) is 0 Å². The van der Waals surface area contributed by atoms with Crippen LogP contribution in [0.1, 0.15) is 26.7 Å². The van der Waals surface area contributed by atoms with E-state index in [9.17, 15) is 0 Å². The van der Waals surface area contributed by atoms with Gasteiger partial charge in [-0.1, -0.05) is 26.0 Å². The fourth-order valence-electron chi connectivity index (χ4n) is 3.52. The van der Waals surface area contributed by atoms with Gasteiger partial charge in [0.1, 0.15) is 0 Å². The van der Waals surface area contributed by atoms with Crippen LogP contribution in [0, 0.1) is 17.8 Å². The molecule has 15 heavy (non-hydrogen) atoms. The highest BCUT2D eigenvalue weighted by molar-refractivity contribution is 6.73. The Kier molecular flexibility index (Phi) is 3.36. The maximum atomic E-state index is 5.92. The van der Waals surface area contributed by atoms with Gasteiger partial charge in [-0.05, 0) is 48.7 Å². The monoisotopic (exact) mass is 224 g/mol. The molecule has 0 radical (unpaired) electrons. The predicted molar refractivity (Wildman–Crippen MR) is 67.4 cm³/mol. The summed E-state index contributed by atoms with van der Waals surface area (Å²) in [5.41, 5.74) is 0. The van der Waals surface area contributed by atoms with Crippen LogP contribution in [0.25, 0.3) is 0 Å². The van der Waals surface area contributed by atoms with Gasteiger partial charge in [0.05, 0.1) is 0 Å². The maximum absolute atomic E-state index is 5.92. The van der Waals surface area contributed by atoms with Gasteiger partial charge in [0.25, 0.3) is 0 Å². The molecule has 2 rings (SSSR count). The maximum Gasteiger partial charge on any atom is 0.192 e. The zero-order valence-corrected chi connectivity index (χ0v) is 11.3. The molecule has 2 heteroatoms. The van der Waals surface area contributed by atoms with Crippen molar-refractivity contribution in [2.45, 2.75) is 44.8 Å². The fourth-order valence-corrected chi connectivity index (χ4v) is 6.76.